The Morgan fingerprint density at radius 1 is 1.40 bits per heavy atom. The van der Waals surface area contributed by atoms with Gasteiger partial charge in [0.2, 0.25) is 10.8 Å². The lowest BCUT2D eigenvalue weighted by molar-refractivity contribution is -0.155. The normalized spacial score (nSPS) is 15.2. The van der Waals surface area contributed by atoms with Gasteiger partial charge in [-0.1, -0.05) is 24.9 Å². The van der Waals surface area contributed by atoms with Gasteiger partial charge in [0, 0.05) is 5.02 Å². The topological polar surface area (TPSA) is 63.6 Å². The summed E-state index contributed by atoms with van der Waals surface area (Å²) < 4.78 is 5.42. The lowest BCUT2D eigenvalue weighted by Gasteiger charge is -2.25. The van der Waals surface area contributed by atoms with E-state index in [0.717, 1.165) is 0 Å². The molecule has 4 nitrogen and oxygen atoms in total. The van der Waals surface area contributed by atoms with Crippen LogP contribution in [0.1, 0.15) is 26.7 Å². The Hall–Kier alpha value is -1.07. The molecule has 0 aromatic heterocycles. The zero-order valence-electron chi connectivity index (χ0n) is 11.2. The van der Waals surface area contributed by atoms with Crippen LogP contribution in [0.4, 0.5) is 0 Å². The van der Waals surface area contributed by atoms with Crippen LogP contribution in [-0.4, -0.2) is 21.9 Å². The number of rotatable bonds is 7. The minimum absolute atomic E-state index is 0.257. The standard InChI is InChI=1S/C14H16BrClO4/c1-3-8-14(2,13(18)19)11(17)12(15)20-10-6-4-9(16)5-7-10/h4-7,12H,3,8H2,1-2H3,(H,18,19). The fourth-order valence-corrected chi connectivity index (χ4v) is 2.62. The fourth-order valence-electron chi connectivity index (χ4n) is 1.77. The maximum absolute atomic E-state index is 12.3. The van der Waals surface area contributed by atoms with Crippen LogP contribution in [0.25, 0.3) is 0 Å². The van der Waals surface area contributed by atoms with Crippen molar-refractivity contribution < 1.29 is 19.4 Å². The predicted octanol–water partition coefficient (Wildman–Crippen LogP) is 3.90. The van der Waals surface area contributed by atoms with Crippen molar-refractivity contribution in [1.82, 2.24) is 0 Å². The van der Waals surface area contributed by atoms with E-state index in [9.17, 15) is 14.7 Å². The van der Waals surface area contributed by atoms with Crippen LogP contribution in [0.2, 0.25) is 5.02 Å². The Labute approximate surface area is 131 Å². The molecule has 0 heterocycles. The number of carbonyl (C=O) groups is 2. The molecule has 2 atom stereocenters. The van der Waals surface area contributed by atoms with Gasteiger partial charge in [0.15, 0.2) is 0 Å². The number of aliphatic carboxylic acids is 1. The number of hydrogen-bond acceptors (Lipinski definition) is 3. The highest BCUT2D eigenvalue weighted by Crippen LogP contribution is 2.30. The van der Waals surface area contributed by atoms with Crippen LogP contribution in [0.15, 0.2) is 24.3 Å². The lowest BCUT2D eigenvalue weighted by atomic mass is 9.81. The molecule has 1 N–H and O–H groups in total. The second-order valence-electron chi connectivity index (χ2n) is 4.64. The molecule has 1 aromatic carbocycles. The van der Waals surface area contributed by atoms with Gasteiger partial charge in [-0.3, -0.25) is 9.59 Å². The molecule has 0 amide bonds. The number of hydrogen-bond donors (Lipinski definition) is 1. The molecule has 0 saturated heterocycles. The molecular formula is C14H16BrClO4. The molecule has 1 aromatic rings. The number of carboxylic acid groups (broad SMARTS) is 1. The second kappa shape index (κ2) is 7.09. The van der Waals surface area contributed by atoms with Gasteiger partial charge in [0.25, 0.3) is 0 Å². The van der Waals surface area contributed by atoms with Crippen molar-refractivity contribution >= 4 is 39.3 Å². The number of ether oxygens (including phenoxy) is 1. The summed E-state index contributed by atoms with van der Waals surface area (Å²) in [4.78, 5) is 23.6. The van der Waals surface area contributed by atoms with Crippen LogP contribution in [0.5, 0.6) is 5.75 Å². The van der Waals surface area contributed by atoms with E-state index in [1.54, 1.807) is 24.3 Å². The molecule has 0 aliphatic heterocycles. The van der Waals surface area contributed by atoms with E-state index in [0.29, 0.717) is 17.2 Å². The first-order chi connectivity index (χ1) is 9.31. The Morgan fingerprint density at radius 2 is 1.95 bits per heavy atom. The summed E-state index contributed by atoms with van der Waals surface area (Å²) in [5.41, 5.74) is -1.46. The van der Waals surface area contributed by atoms with Crippen molar-refractivity contribution in [3.05, 3.63) is 29.3 Å². The minimum atomic E-state index is -1.46. The van der Waals surface area contributed by atoms with Gasteiger partial charge < -0.3 is 9.84 Å². The number of Topliss-reactive ketones (excluding diaryl/α,β-unsaturated/α-hetero) is 1. The Bertz CT molecular complexity index is 488. The van der Waals surface area contributed by atoms with E-state index < -0.39 is 22.2 Å². The molecule has 0 bridgehead atoms. The third-order valence-corrected chi connectivity index (χ3v) is 3.88. The van der Waals surface area contributed by atoms with Crippen molar-refractivity contribution in [2.24, 2.45) is 5.41 Å². The summed E-state index contributed by atoms with van der Waals surface area (Å²) in [6.45, 7) is 3.25. The first-order valence-corrected chi connectivity index (χ1v) is 7.44. The number of ketones is 1. The predicted molar refractivity (Wildman–Crippen MR) is 80.5 cm³/mol. The Morgan fingerprint density at radius 3 is 2.40 bits per heavy atom. The molecule has 0 aliphatic rings. The zero-order chi connectivity index (χ0) is 15.3. The average molecular weight is 364 g/mol. The summed E-state index contributed by atoms with van der Waals surface area (Å²) in [5, 5.41) is 8.81. The second-order valence-corrected chi connectivity index (χ2v) is 5.91. The van der Waals surface area contributed by atoms with Gasteiger partial charge in [0.1, 0.15) is 11.2 Å². The first-order valence-electron chi connectivity index (χ1n) is 6.15. The van der Waals surface area contributed by atoms with Gasteiger partial charge >= 0.3 is 5.97 Å². The number of halogens is 2. The molecule has 20 heavy (non-hydrogen) atoms. The number of carboxylic acids is 1. The molecule has 110 valence electrons. The largest absolute Gasteiger partial charge is 0.481 e. The van der Waals surface area contributed by atoms with E-state index in [-0.39, 0.29) is 6.42 Å². The van der Waals surface area contributed by atoms with Gasteiger partial charge in [-0.25, -0.2) is 0 Å². The maximum atomic E-state index is 12.3. The molecular weight excluding hydrogens is 348 g/mol. The third kappa shape index (κ3) is 3.96. The highest BCUT2D eigenvalue weighted by Gasteiger charge is 2.44. The summed E-state index contributed by atoms with van der Waals surface area (Å²) in [6, 6.07) is 6.48. The maximum Gasteiger partial charge on any atom is 0.317 e. The van der Waals surface area contributed by atoms with Gasteiger partial charge in [-0.15, -0.1) is 0 Å². The fraction of sp³-hybridized carbons (Fsp3) is 0.429. The molecule has 0 radical (unpaired) electrons. The Balaban J connectivity index is 2.84. The highest BCUT2D eigenvalue weighted by atomic mass is 79.9. The molecule has 0 fully saturated rings. The van der Waals surface area contributed by atoms with Gasteiger partial charge in [0.05, 0.1) is 0 Å². The van der Waals surface area contributed by atoms with E-state index in [2.05, 4.69) is 15.9 Å². The molecule has 1 rings (SSSR count). The summed E-state index contributed by atoms with van der Waals surface area (Å²) in [5.74, 6) is -1.22. The highest BCUT2D eigenvalue weighted by molar-refractivity contribution is 9.09. The quantitative estimate of drug-likeness (QED) is 0.589. The molecule has 6 heteroatoms. The van der Waals surface area contributed by atoms with Crippen LogP contribution >= 0.6 is 27.5 Å². The molecule has 2 unspecified atom stereocenters. The molecule has 0 aliphatic carbocycles. The zero-order valence-corrected chi connectivity index (χ0v) is 13.6. The monoisotopic (exact) mass is 362 g/mol. The number of carbonyl (C=O) groups excluding carboxylic acids is 1. The van der Waals surface area contributed by atoms with E-state index >= 15 is 0 Å². The smallest absolute Gasteiger partial charge is 0.317 e. The van der Waals surface area contributed by atoms with Gasteiger partial charge in [-0.2, -0.15) is 0 Å². The van der Waals surface area contributed by atoms with Crippen molar-refractivity contribution in [3.63, 3.8) is 0 Å². The molecule has 0 saturated carbocycles. The van der Waals surface area contributed by atoms with Crippen LogP contribution in [0, 0.1) is 5.41 Å². The van der Waals surface area contributed by atoms with Crippen LogP contribution in [-0.2, 0) is 9.59 Å². The van der Waals surface area contributed by atoms with Crippen LogP contribution < -0.4 is 4.74 Å². The lowest BCUT2D eigenvalue weighted by Crippen LogP contribution is -2.42. The average Bonchev–Trinajstić information content (AvgIpc) is 2.40. The van der Waals surface area contributed by atoms with Crippen LogP contribution in [0.3, 0.4) is 0 Å². The van der Waals surface area contributed by atoms with E-state index in [1.807, 2.05) is 6.92 Å². The summed E-state index contributed by atoms with van der Waals surface area (Å²) in [6.07, 6.45) is 0.850. The Kier molecular flexibility index (Phi) is 6.02. The van der Waals surface area contributed by atoms with Gasteiger partial charge in [-0.05, 0) is 53.5 Å². The van der Waals surface area contributed by atoms with Crippen molar-refractivity contribution in [2.75, 3.05) is 0 Å². The third-order valence-electron chi connectivity index (χ3n) is 3.03. The van der Waals surface area contributed by atoms with Crippen molar-refractivity contribution in [2.45, 2.75) is 31.7 Å². The number of alkyl halides is 1. The SMILES string of the molecule is CCCC(C)(C(=O)O)C(=O)C(Br)Oc1ccc(Cl)cc1. The summed E-state index contributed by atoms with van der Waals surface area (Å²) in [7, 11) is 0. The first kappa shape index (κ1) is 17.0. The molecule has 0 spiro atoms. The van der Waals surface area contributed by atoms with Crippen molar-refractivity contribution in [1.29, 1.82) is 0 Å². The van der Waals surface area contributed by atoms with Crippen molar-refractivity contribution in [3.8, 4) is 5.75 Å². The van der Waals surface area contributed by atoms with E-state index in [1.165, 1.54) is 6.92 Å². The number of benzene rings is 1. The summed E-state index contributed by atoms with van der Waals surface area (Å²) >= 11 is 8.86. The minimum Gasteiger partial charge on any atom is -0.481 e. The van der Waals surface area contributed by atoms with E-state index in [4.69, 9.17) is 16.3 Å².